The third kappa shape index (κ3) is 5.06. The number of likely N-dealkylation sites (tertiary alicyclic amines) is 1. The number of carbonyl (C=O) groups is 2. The van der Waals surface area contributed by atoms with Gasteiger partial charge >= 0.3 is 5.97 Å². The first-order valence-corrected chi connectivity index (χ1v) is 8.27. The van der Waals surface area contributed by atoms with Crippen LogP contribution in [-0.2, 0) is 14.3 Å². The molecule has 1 aromatic rings. The van der Waals surface area contributed by atoms with Crippen molar-refractivity contribution in [3.05, 3.63) is 35.9 Å². The molecule has 0 radical (unpaired) electrons. The van der Waals surface area contributed by atoms with Gasteiger partial charge in [-0.1, -0.05) is 30.3 Å². The molecule has 0 saturated carbocycles. The maximum atomic E-state index is 11.9. The zero-order valence-electron chi connectivity index (χ0n) is 13.7. The van der Waals surface area contributed by atoms with E-state index < -0.39 is 0 Å². The van der Waals surface area contributed by atoms with E-state index in [1.165, 1.54) is 7.11 Å². The topological polar surface area (TPSA) is 72.6 Å². The van der Waals surface area contributed by atoms with Gasteiger partial charge in [-0.05, 0) is 50.3 Å². The smallest absolute Gasteiger partial charge is 0.305 e. The summed E-state index contributed by atoms with van der Waals surface area (Å²) in [6.07, 6.45) is 4.48. The molecule has 2 rings (SSSR count). The van der Waals surface area contributed by atoms with E-state index in [4.69, 9.17) is 5.73 Å². The molecule has 1 unspecified atom stereocenters. The lowest BCUT2D eigenvalue weighted by molar-refractivity contribution is -0.140. The van der Waals surface area contributed by atoms with Gasteiger partial charge in [0, 0.05) is 6.42 Å². The van der Waals surface area contributed by atoms with E-state index >= 15 is 0 Å². The SMILES string of the molecule is COC(=O)CCCC1CCN(C(C(N)=O)c2ccccc2)CC1. The Hall–Kier alpha value is -1.88. The lowest BCUT2D eigenvalue weighted by Crippen LogP contribution is -2.42. The van der Waals surface area contributed by atoms with Gasteiger partial charge in [0.25, 0.3) is 0 Å². The lowest BCUT2D eigenvalue weighted by Gasteiger charge is -2.36. The summed E-state index contributed by atoms with van der Waals surface area (Å²) in [6, 6.07) is 9.38. The molecule has 1 aliphatic heterocycles. The highest BCUT2D eigenvalue weighted by Gasteiger charge is 2.29. The molecule has 23 heavy (non-hydrogen) atoms. The molecule has 0 spiro atoms. The van der Waals surface area contributed by atoms with Crippen molar-refractivity contribution in [3.8, 4) is 0 Å². The van der Waals surface area contributed by atoms with E-state index in [0.29, 0.717) is 12.3 Å². The number of piperidine rings is 1. The molecular weight excluding hydrogens is 292 g/mol. The van der Waals surface area contributed by atoms with Gasteiger partial charge in [0.15, 0.2) is 0 Å². The highest BCUT2D eigenvalue weighted by Crippen LogP contribution is 2.29. The second-order valence-electron chi connectivity index (χ2n) is 6.16. The molecule has 126 valence electrons. The minimum Gasteiger partial charge on any atom is -0.469 e. The average molecular weight is 318 g/mol. The van der Waals surface area contributed by atoms with Crippen LogP contribution in [-0.4, -0.2) is 37.0 Å². The summed E-state index contributed by atoms with van der Waals surface area (Å²) < 4.78 is 4.66. The van der Waals surface area contributed by atoms with Crippen LogP contribution in [0.5, 0.6) is 0 Å². The summed E-state index contributed by atoms with van der Waals surface area (Å²) in [5.74, 6) is 0.181. The van der Waals surface area contributed by atoms with E-state index in [1.54, 1.807) is 0 Å². The molecule has 0 aliphatic carbocycles. The molecule has 1 aliphatic rings. The Morgan fingerprint density at radius 1 is 1.26 bits per heavy atom. The normalized spacial score (nSPS) is 17.6. The van der Waals surface area contributed by atoms with Gasteiger partial charge in [-0.2, -0.15) is 0 Å². The summed E-state index contributed by atoms with van der Waals surface area (Å²) in [4.78, 5) is 25.2. The second-order valence-corrected chi connectivity index (χ2v) is 6.16. The maximum absolute atomic E-state index is 11.9. The summed E-state index contributed by atoms with van der Waals surface area (Å²) in [6.45, 7) is 1.73. The van der Waals surface area contributed by atoms with E-state index in [-0.39, 0.29) is 17.9 Å². The van der Waals surface area contributed by atoms with Crippen molar-refractivity contribution < 1.29 is 14.3 Å². The first-order chi connectivity index (χ1) is 11.1. The number of nitrogens with zero attached hydrogens (tertiary/aromatic N) is 1. The van der Waals surface area contributed by atoms with Crippen LogP contribution in [0.15, 0.2) is 30.3 Å². The molecule has 0 aromatic heterocycles. The minimum atomic E-state index is -0.341. The number of benzene rings is 1. The Kier molecular flexibility index (Phi) is 6.59. The van der Waals surface area contributed by atoms with Gasteiger partial charge in [-0.15, -0.1) is 0 Å². The Morgan fingerprint density at radius 2 is 1.91 bits per heavy atom. The number of hydrogen-bond donors (Lipinski definition) is 1. The van der Waals surface area contributed by atoms with Crippen LogP contribution in [0, 0.1) is 5.92 Å². The molecule has 2 N–H and O–H groups in total. The number of esters is 1. The largest absolute Gasteiger partial charge is 0.469 e. The molecule has 1 saturated heterocycles. The van der Waals surface area contributed by atoms with Gasteiger partial charge < -0.3 is 10.5 Å². The van der Waals surface area contributed by atoms with E-state index in [9.17, 15) is 9.59 Å². The van der Waals surface area contributed by atoms with Crippen molar-refractivity contribution in [2.45, 2.75) is 38.1 Å². The Bertz CT molecular complexity index is 510. The highest BCUT2D eigenvalue weighted by atomic mass is 16.5. The fourth-order valence-electron chi connectivity index (χ4n) is 3.33. The van der Waals surface area contributed by atoms with Crippen molar-refractivity contribution in [2.75, 3.05) is 20.2 Å². The van der Waals surface area contributed by atoms with Crippen LogP contribution in [0.25, 0.3) is 0 Å². The fraction of sp³-hybridized carbons (Fsp3) is 0.556. The number of methoxy groups -OCH3 is 1. The van der Waals surface area contributed by atoms with E-state index in [1.807, 2.05) is 30.3 Å². The van der Waals surface area contributed by atoms with Crippen LogP contribution in [0.3, 0.4) is 0 Å². The average Bonchev–Trinajstić information content (AvgIpc) is 2.57. The molecule has 1 atom stereocenters. The van der Waals surface area contributed by atoms with Gasteiger partial charge in [-0.25, -0.2) is 0 Å². The lowest BCUT2D eigenvalue weighted by atomic mass is 9.90. The number of rotatable bonds is 7. The standard InChI is InChI=1S/C18H26N2O3/c1-23-16(21)9-5-6-14-10-12-20(13-11-14)17(18(19)22)15-7-3-2-4-8-15/h2-4,7-8,14,17H,5-6,9-13H2,1H3,(H2,19,22). The van der Waals surface area contributed by atoms with Crippen LogP contribution in [0.4, 0.5) is 0 Å². The van der Waals surface area contributed by atoms with Crippen molar-refractivity contribution in [1.29, 1.82) is 0 Å². The zero-order valence-corrected chi connectivity index (χ0v) is 13.7. The predicted octanol–water partition coefficient (Wildman–Crippen LogP) is 2.27. The third-order valence-electron chi connectivity index (χ3n) is 4.62. The molecule has 5 heteroatoms. The van der Waals surface area contributed by atoms with Crippen LogP contribution >= 0.6 is 0 Å². The quantitative estimate of drug-likeness (QED) is 0.783. The summed E-state index contributed by atoms with van der Waals surface area (Å²) in [5.41, 5.74) is 6.59. The van der Waals surface area contributed by atoms with Crippen LogP contribution in [0.1, 0.15) is 43.7 Å². The van der Waals surface area contributed by atoms with Crippen molar-refractivity contribution in [3.63, 3.8) is 0 Å². The zero-order chi connectivity index (χ0) is 16.7. The Labute approximate surface area is 137 Å². The molecule has 1 fully saturated rings. The summed E-state index contributed by atoms with van der Waals surface area (Å²) in [5, 5.41) is 0. The van der Waals surface area contributed by atoms with Crippen molar-refractivity contribution in [1.82, 2.24) is 4.90 Å². The van der Waals surface area contributed by atoms with Crippen LogP contribution in [0.2, 0.25) is 0 Å². The van der Waals surface area contributed by atoms with E-state index in [2.05, 4.69) is 9.64 Å². The molecule has 1 aromatic carbocycles. The Balaban J connectivity index is 1.85. The first kappa shape index (κ1) is 17.5. The molecular formula is C18H26N2O3. The monoisotopic (exact) mass is 318 g/mol. The summed E-state index contributed by atoms with van der Waals surface area (Å²) in [7, 11) is 1.42. The van der Waals surface area contributed by atoms with Gasteiger partial charge in [0.2, 0.25) is 5.91 Å². The first-order valence-electron chi connectivity index (χ1n) is 8.27. The highest BCUT2D eigenvalue weighted by molar-refractivity contribution is 5.81. The molecule has 1 heterocycles. The number of primary amides is 1. The Morgan fingerprint density at radius 3 is 2.48 bits per heavy atom. The third-order valence-corrected chi connectivity index (χ3v) is 4.62. The van der Waals surface area contributed by atoms with Crippen LogP contribution < -0.4 is 5.73 Å². The van der Waals surface area contributed by atoms with Gasteiger partial charge in [0.05, 0.1) is 7.11 Å². The number of amides is 1. The molecule has 0 bridgehead atoms. The van der Waals surface area contributed by atoms with Crippen molar-refractivity contribution in [2.24, 2.45) is 11.7 Å². The second kappa shape index (κ2) is 8.67. The van der Waals surface area contributed by atoms with Crippen molar-refractivity contribution >= 4 is 11.9 Å². The number of carbonyl (C=O) groups excluding carboxylic acids is 2. The number of ether oxygens (including phenoxy) is 1. The molecule has 5 nitrogen and oxygen atoms in total. The maximum Gasteiger partial charge on any atom is 0.305 e. The minimum absolute atomic E-state index is 0.139. The predicted molar refractivity (Wildman–Crippen MR) is 88.5 cm³/mol. The number of nitrogens with two attached hydrogens (primary N) is 1. The summed E-state index contributed by atoms with van der Waals surface area (Å²) >= 11 is 0. The van der Waals surface area contributed by atoms with Gasteiger partial charge in [-0.3, -0.25) is 14.5 Å². The fourth-order valence-corrected chi connectivity index (χ4v) is 3.33. The van der Waals surface area contributed by atoms with Gasteiger partial charge in [0.1, 0.15) is 6.04 Å². The number of hydrogen-bond acceptors (Lipinski definition) is 4. The van der Waals surface area contributed by atoms with E-state index in [0.717, 1.165) is 44.3 Å². The molecule has 1 amide bonds.